The lowest BCUT2D eigenvalue weighted by atomic mass is 9.62. The van der Waals surface area contributed by atoms with Gasteiger partial charge in [0.05, 0.1) is 21.5 Å². The largest absolute Gasteiger partial charge is 0.491 e. The minimum Gasteiger partial charge on any atom is -0.491 e. The number of nitro benzene ring substituents is 1. The Morgan fingerprint density at radius 2 is 1.52 bits per heavy atom. The molecule has 1 unspecified atom stereocenters. The Labute approximate surface area is 245 Å². The number of ether oxygens (including phenoxy) is 1. The number of nitrogens with one attached hydrogen (secondary N) is 1. The Kier molecular flexibility index (Phi) is 11.2. The summed E-state index contributed by atoms with van der Waals surface area (Å²) in [6.45, 7) is 4.36. The van der Waals surface area contributed by atoms with Crippen molar-refractivity contribution in [1.29, 1.82) is 0 Å². The molecule has 1 aliphatic rings. The minimum atomic E-state index is -1.72. The lowest BCUT2D eigenvalue weighted by Gasteiger charge is -2.43. The highest BCUT2D eigenvalue weighted by molar-refractivity contribution is 6.01. The Bertz CT molecular complexity index is 1300. The molecule has 1 aliphatic heterocycles. The van der Waals surface area contributed by atoms with E-state index in [9.17, 15) is 35.0 Å². The third kappa shape index (κ3) is 7.15. The molecular formula is C31H39N3O8. The highest BCUT2D eigenvalue weighted by atomic mass is 16.6. The van der Waals surface area contributed by atoms with E-state index in [1.165, 1.54) is 23.1 Å². The van der Waals surface area contributed by atoms with E-state index >= 15 is 0 Å². The summed E-state index contributed by atoms with van der Waals surface area (Å²) in [5, 5.41) is 46.2. The van der Waals surface area contributed by atoms with Crippen LogP contribution in [0.4, 0.5) is 5.69 Å². The molecule has 1 heterocycles. The first-order valence-electron chi connectivity index (χ1n) is 14.0. The molecule has 0 aromatic heterocycles. The van der Waals surface area contributed by atoms with Crippen LogP contribution in [0.25, 0.3) is 0 Å². The second kappa shape index (κ2) is 14.6. The average Bonchev–Trinajstić information content (AvgIpc) is 2.96. The van der Waals surface area contributed by atoms with Crippen molar-refractivity contribution in [2.75, 3.05) is 26.7 Å². The second-order valence-electron chi connectivity index (χ2n) is 10.4. The van der Waals surface area contributed by atoms with Gasteiger partial charge in [-0.3, -0.25) is 10.1 Å². The van der Waals surface area contributed by atoms with Crippen LogP contribution in [0.2, 0.25) is 0 Å². The topological polar surface area (TPSA) is 162 Å². The van der Waals surface area contributed by atoms with Gasteiger partial charge in [-0.05, 0) is 45.4 Å². The van der Waals surface area contributed by atoms with Crippen LogP contribution in [0.15, 0.2) is 77.1 Å². The zero-order chi connectivity index (χ0) is 30.9. The van der Waals surface area contributed by atoms with Gasteiger partial charge in [0.1, 0.15) is 18.5 Å². The first kappa shape index (κ1) is 32.3. The summed E-state index contributed by atoms with van der Waals surface area (Å²) in [4.78, 5) is 38.5. The number of rotatable bonds is 16. The maximum atomic E-state index is 12.7. The third-order valence-electron chi connectivity index (χ3n) is 7.79. The van der Waals surface area contributed by atoms with Gasteiger partial charge in [0.2, 0.25) is 0 Å². The molecule has 0 fully saturated rings. The van der Waals surface area contributed by atoms with Crippen molar-refractivity contribution in [2.45, 2.75) is 57.5 Å². The standard InChI is InChI=1S/C31H39N3O8/c1-21-27(29(36)37)31(28(30(38)39)22(2)33(21)3,25-15-9-10-16-26(25)34(40)41)17-11-4-5-12-18-32-19-23(35)20-42-24-13-7-6-8-14-24/h6-10,13-16,23,32,35H,4-5,11-12,17-20H2,1-3H3,(H,36,37)(H,38,39). The van der Waals surface area contributed by atoms with Crippen molar-refractivity contribution in [3.8, 4) is 5.75 Å². The third-order valence-corrected chi connectivity index (χ3v) is 7.79. The van der Waals surface area contributed by atoms with Crippen LogP contribution in [0.1, 0.15) is 51.5 Å². The highest BCUT2D eigenvalue weighted by Crippen LogP contribution is 2.52. The van der Waals surface area contributed by atoms with Crippen molar-refractivity contribution >= 4 is 17.6 Å². The van der Waals surface area contributed by atoms with Crippen molar-refractivity contribution in [2.24, 2.45) is 0 Å². The predicted octanol–water partition coefficient (Wildman–Crippen LogP) is 4.48. The summed E-state index contributed by atoms with van der Waals surface area (Å²) < 4.78 is 5.55. The normalized spacial score (nSPS) is 15.5. The van der Waals surface area contributed by atoms with Crippen LogP contribution in [0.5, 0.6) is 5.75 Å². The summed E-state index contributed by atoms with van der Waals surface area (Å²) in [6.07, 6.45) is 2.02. The molecule has 0 aliphatic carbocycles. The van der Waals surface area contributed by atoms with E-state index in [1.54, 1.807) is 27.0 Å². The molecule has 0 saturated heterocycles. The van der Waals surface area contributed by atoms with Crippen LogP contribution in [-0.4, -0.2) is 69.9 Å². The molecule has 0 saturated carbocycles. The molecular weight excluding hydrogens is 542 g/mol. The number of carboxylic acids is 2. The molecule has 0 amide bonds. The predicted molar refractivity (Wildman–Crippen MR) is 157 cm³/mol. The van der Waals surface area contributed by atoms with Crippen LogP contribution >= 0.6 is 0 Å². The minimum absolute atomic E-state index is 0.0602. The van der Waals surface area contributed by atoms with Gasteiger partial charge in [-0.2, -0.15) is 0 Å². The molecule has 42 heavy (non-hydrogen) atoms. The van der Waals surface area contributed by atoms with Gasteiger partial charge in [0.15, 0.2) is 0 Å². The zero-order valence-electron chi connectivity index (χ0n) is 24.2. The fourth-order valence-electron chi connectivity index (χ4n) is 5.68. The number of aliphatic hydroxyl groups is 1. The number of hydrogen-bond acceptors (Lipinski definition) is 8. The van der Waals surface area contributed by atoms with Gasteiger partial charge in [-0.1, -0.05) is 55.7 Å². The quantitative estimate of drug-likeness (QED) is 0.126. The summed E-state index contributed by atoms with van der Waals surface area (Å²) in [5.41, 5.74) is -1.65. The molecule has 11 heteroatoms. The van der Waals surface area contributed by atoms with E-state index in [-0.39, 0.29) is 35.4 Å². The van der Waals surface area contributed by atoms with Gasteiger partial charge in [0.25, 0.3) is 5.69 Å². The van der Waals surface area contributed by atoms with Crippen molar-refractivity contribution in [3.05, 3.63) is 92.8 Å². The van der Waals surface area contributed by atoms with Crippen LogP contribution in [0.3, 0.4) is 0 Å². The molecule has 3 rings (SSSR count). The Morgan fingerprint density at radius 1 is 0.952 bits per heavy atom. The molecule has 0 spiro atoms. The summed E-state index contributed by atoms with van der Waals surface area (Å²) in [7, 11) is 1.59. The molecule has 0 radical (unpaired) electrons. The van der Waals surface area contributed by atoms with Crippen molar-refractivity contribution < 1.29 is 34.6 Å². The summed E-state index contributed by atoms with van der Waals surface area (Å²) in [6, 6.07) is 15.0. The van der Waals surface area contributed by atoms with Gasteiger partial charge < -0.3 is 30.3 Å². The first-order valence-corrected chi connectivity index (χ1v) is 14.0. The van der Waals surface area contributed by atoms with E-state index < -0.39 is 28.4 Å². The number of carbonyl (C=O) groups is 2. The van der Waals surface area contributed by atoms with Crippen LogP contribution in [-0.2, 0) is 15.0 Å². The fourth-order valence-corrected chi connectivity index (χ4v) is 5.68. The monoisotopic (exact) mass is 581 g/mol. The number of aliphatic carboxylic acids is 2. The molecule has 2 aromatic rings. The number of aliphatic hydroxyl groups excluding tert-OH is 1. The lowest BCUT2D eigenvalue weighted by molar-refractivity contribution is -0.385. The van der Waals surface area contributed by atoms with Crippen LogP contribution < -0.4 is 10.1 Å². The highest BCUT2D eigenvalue weighted by Gasteiger charge is 2.53. The summed E-state index contributed by atoms with van der Waals surface area (Å²) >= 11 is 0. The van der Waals surface area contributed by atoms with E-state index in [0.29, 0.717) is 43.1 Å². The van der Waals surface area contributed by atoms with E-state index in [2.05, 4.69) is 5.32 Å². The smallest absolute Gasteiger partial charge is 0.334 e. The zero-order valence-corrected chi connectivity index (χ0v) is 24.2. The fraction of sp³-hybridized carbons (Fsp3) is 0.419. The van der Waals surface area contributed by atoms with Crippen molar-refractivity contribution in [3.63, 3.8) is 0 Å². The molecule has 11 nitrogen and oxygen atoms in total. The van der Waals surface area contributed by atoms with E-state index in [4.69, 9.17) is 4.74 Å². The number of hydrogen-bond donors (Lipinski definition) is 4. The van der Waals surface area contributed by atoms with Gasteiger partial charge in [0, 0.05) is 36.6 Å². The molecule has 2 aromatic carbocycles. The van der Waals surface area contributed by atoms with Crippen molar-refractivity contribution in [1.82, 2.24) is 10.2 Å². The summed E-state index contributed by atoms with van der Waals surface area (Å²) in [5.74, 6) is -1.95. The first-order chi connectivity index (χ1) is 20.0. The molecule has 1 atom stereocenters. The number of nitro groups is 1. The number of nitrogens with zero attached hydrogens (tertiary/aromatic N) is 2. The number of para-hydroxylation sites is 2. The van der Waals surface area contributed by atoms with Crippen LogP contribution in [0, 0.1) is 10.1 Å². The average molecular weight is 582 g/mol. The number of benzene rings is 2. The number of unbranched alkanes of at least 4 members (excludes halogenated alkanes) is 3. The van der Waals surface area contributed by atoms with Gasteiger partial charge >= 0.3 is 11.9 Å². The molecule has 0 bridgehead atoms. The Balaban J connectivity index is 1.72. The number of carboxylic acid groups (broad SMARTS) is 2. The van der Waals surface area contributed by atoms with E-state index in [0.717, 1.165) is 12.8 Å². The second-order valence-corrected chi connectivity index (χ2v) is 10.4. The van der Waals surface area contributed by atoms with E-state index in [1.807, 2.05) is 30.3 Å². The van der Waals surface area contributed by atoms with Gasteiger partial charge in [-0.15, -0.1) is 0 Å². The molecule has 226 valence electrons. The Hall–Kier alpha value is -4.22. The maximum Gasteiger partial charge on any atom is 0.334 e. The number of allylic oxidation sites excluding steroid dienone is 2. The SMILES string of the molecule is CC1=C(C(=O)O)C(CCCCCCNCC(O)COc2ccccc2)(c2ccccc2[N+](=O)[O-])C(C(=O)O)=C(C)N1C. The molecule has 4 N–H and O–H groups in total. The van der Waals surface area contributed by atoms with Gasteiger partial charge in [-0.25, -0.2) is 9.59 Å². The lowest BCUT2D eigenvalue weighted by Crippen LogP contribution is -2.45. The Morgan fingerprint density at radius 3 is 2.12 bits per heavy atom. The maximum absolute atomic E-state index is 12.7.